The van der Waals surface area contributed by atoms with Crippen molar-refractivity contribution in [2.45, 2.75) is 26.2 Å². The van der Waals surface area contributed by atoms with Gasteiger partial charge in [0.2, 0.25) is 0 Å². The standard InChI is InChI=1S/C12H16O3/c1-2-3-4-5-10-9(8-12(14)15)6-7-11(10)13/h3-4,6-7,9-10H,2,5,8H2,1H3,(H,14,15)/b4-3-/t9-,10-/m1/s1. The maximum absolute atomic E-state index is 11.4. The second-order valence-electron chi connectivity index (χ2n) is 3.75. The van der Waals surface area contributed by atoms with Gasteiger partial charge in [0.15, 0.2) is 5.78 Å². The Morgan fingerprint density at radius 2 is 2.27 bits per heavy atom. The fraction of sp³-hybridized carbons (Fsp3) is 0.500. The van der Waals surface area contributed by atoms with Crippen LogP contribution in [0.3, 0.4) is 0 Å². The van der Waals surface area contributed by atoms with E-state index >= 15 is 0 Å². The van der Waals surface area contributed by atoms with Crippen LogP contribution in [0.15, 0.2) is 24.3 Å². The second-order valence-corrected chi connectivity index (χ2v) is 3.75. The van der Waals surface area contributed by atoms with Crippen LogP contribution in [0.2, 0.25) is 0 Å². The molecular formula is C12H16O3. The third kappa shape index (κ3) is 3.35. The monoisotopic (exact) mass is 208 g/mol. The molecule has 0 spiro atoms. The average Bonchev–Trinajstić information content (AvgIpc) is 2.49. The number of carbonyl (C=O) groups excluding carboxylic acids is 1. The highest BCUT2D eigenvalue weighted by molar-refractivity contribution is 5.95. The average molecular weight is 208 g/mol. The SMILES string of the molecule is CC/C=C\C[C@H]1C(=O)C=C[C@@H]1CC(=O)O. The molecular weight excluding hydrogens is 192 g/mol. The summed E-state index contributed by atoms with van der Waals surface area (Å²) in [6.45, 7) is 2.03. The number of carboxylic acids is 1. The van der Waals surface area contributed by atoms with Gasteiger partial charge in [-0.3, -0.25) is 9.59 Å². The molecule has 0 aromatic rings. The Balaban J connectivity index is 2.55. The number of aliphatic carboxylic acids is 1. The molecule has 15 heavy (non-hydrogen) atoms. The highest BCUT2D eigenvalue weighted by Crippen LogP contribution is 2.28. The Labute approximate surface area is 89.5 Å². The number of hydrogen-bond acceptors (Lipinski definition) is 2. The van der Waals surface area contributed by atoms with Gasteiger partial charge in [-0.2, -0.15) is 0 Å². The molecule has 82 valence electrons. The molecule has 1 aliphatic carbocycles. The summed E-state index contributed by atoms with van der Waals surface area (Å²) in [5, 5.41) is 8.69. The van der Waals surface area contributed by atoms with Crippen molar-refractivity contribution in [1.29, 1.82) is 0 Å². The largest absolute Gasteiger partial charge is 0.481 e. The molecule has 0 saturated heterocycles. The molecule has 0 aromatic carbocycles. The maximum Gasteiger partial charge on any atom is 0.303 e. The molecule has 3 nitrogen and oxygen atoms in total. The van der Waals surface area contributed by atoms with E-state index in [0.29, 0.717) is 6.42 Å². The van der Waals surface area contributed by atoms with E-state index in [-0.39, 0.29) is 24.0 Å². The van der Waals surface area contributed by atoms with Gasteiger partial charge in [0.05, 0.1) is 6.42 Å². The van der Waals surface area contributed by atoms with Crippen LogP contribution in [0, 0.1) is 11.8 Å². The van der Waals surface area contributed by atoms with Gasteiger partial charge in [0, 0.05) is 5.92 Å². The topological polar surface area (TPSA) is 54.4 Å². The van der Waals surface area contributed by atoms with Gasteiger partial charge < -0.3 is 5.11 Å². The lowest BCUT2D eigenvalue weighted by molar-refractivity contribution is -0.138. The molecule has 3 heteroatoms. The van der Waals surface area contributed by atoms with Crippen LogP contribution in [0.5, 0.6) is 0 Å². The molecule has 0 fully saturated rings. The maximum atomic E-state index is 11.4. The third-order valence-corrected chi connectivity index (χ3v) is 2.59. The molecule has 0 radical (unpaired) electrons. The highest BCUT2D eigenvalue weighted by Gasteiger charge is 2.30. The van der Waals surface area contributed by atoms with Crippen molar-refractivity contribution in [3.63, 3.8) is 0 Å². The zero-order chi connectivity index (χ0) is 11.3. The van der Waals surface area contributed by atoms with Gasteiger partial charge >= 0.3 is 5.97 Å². The molecule has 1 rings (SSSR count). The Hall–Kier alpha value is -1.38. The van der Waals surface area contributed by atoms with Crippen molar-refractivity contribution < 1.29 is 14.7 Å². The first kappa shape index (κ1) is 11.7. The molecule has 0 amide bonds. The predicted octanol–water partition coefficient (Wildman–Crippen LogP) is 2.19. The molecule has 0 aliphatic heterocycles. The number of ketones is 1. The number of rotatable bonds is 5. The molecule has 0 bridgehead atoms. The van der Waals surface area contributed by atoms with Crippen molar-refractivity contribution in [2.24, 2.45) is 11.8 Å². The van der Waals surface area contributed by atoms with Crippen LogP contribution in [0.4, 0.5) is 0 Å². The minimum atomic E-state index is -0.844. The quantitative estimate of drug-likeness (QED) is 0.704. The summed E-state index contributed by atoms with van der Waals surface area (Å²) in [6.07, 6.45) is 8.84. The van der Waals surface area contributed by atoms with Crippen molar-refractivity contribution >= 4 is 11.8 Å². The summed E-state index contributed by atoms with van der Waals surface area (Å²) in [5.74, 6) is -1.08. The van der Waals surface area contributed by atoms with Crippen LogP contribution in [-0.2, 0) is 9.59 Å². The number of carboxylic acid groups (broad SMARTS) is 1. The molecule has 0 heterocycles. The van der Waals surface area contributed by atoms with Crippen LogP contribution < -0.4 is 0 Å². The molecule has 1 N–H and O–H groups in total. The first-order chi connectivity index (χ1) is 7.15. The molecule has 0 unspecified atom stereocenters. The number of carbonyl (C=O) groups is 2. The zero-order valence-corrected chi connectivity index (χ0v) is 8.85. The van der Waals surface area contributed by atoms with Gasteiger partial charge in [0.1, 0.15) is 0 Å². The summed E-state index contributed by atoms with van der Waals surface area (Å²) >= 11 is 0. The minimum absolute atomic E-state index is 0.0485. The zero-order valence-electron chi connectivity index (χ0n) is 8.85. The fourth-order valence-electron chi connectivity index (χ4n) is 1.80. The Bertz CT molecular complexity index is 302. The van der Waals surface area contributed by atoms with Gasteiger partial charge in [-0.1, -0.05) is 25.2 Å². The lowest BCUT2D eigenvalue weighted by Gasteiger charge is -2.13. The smallest absolute Gasteiger partial charge is 0.303 e. The normalized spacial score (nSPS) is 25.3. The number of hydrogen-bond donors (Lipinski definition) is 1. The first-order valence-electron chi connectivity index (χ1n) is 5.24. The molecule has 0 saturated carbocycles. The predicted molar refractivity (Wildman–Crippen MR) is 57.4 cm³/mol. The van der Waals surface area contributed by atoms with Crippen LogP contribution >= 0.6 is 0 Å². The van der Waals surface area contributed by atoms with Gasteiger partial charge in [0.25, 0.3) is 0 Å². The fourth-order valence-corrected chi connectivity index (χ4v) is 1.80. The Kier molecular flexibility index (Phi) is 4.28. The molecule has 1 aliphatic rings. The van der Waals surface area contributed by atoms with E-state index < -0.39 is 5.97 Å². The van der Waals surface area contributed by atoms with Gasteiger partial charge in [-0.25, -0.2) is 0 Å². The number of allylic oxidation sites excluding steroid dienone is 4. The van der Waals surface area contributed by atoms with Gasteiger partial charge in [-0.15, -0.1) is 0 Å². The van der Waals surface area contributed by atoms with Crippen molar-refractivity contribution in [3.05, 3.63) is 24.3 Å². The summed E-state index contributed by atoms with van der Waals surface area (Å²) < 4.78 is 0. The summed E-state index contributed by atoms with van der Waals surface area (Å²) in [6, 6.07) is 0. The molecule has 0 aromatic heterocycles. The van der Waals surface area contributed by atoms with Crippen molar-refractivity contribution in [3.8, 4) is 0 Å². The van der Waals surface area contributed by atoms with E-state index in [0.717, 1.165) is 6.42 Å². The Morgan fingerprint density at radius 3 is 2.87 bits per heavy atom. The van der Waals surface area contributed by atoms with E-state index in [4.69, 9.17) is 5.11 Å². The van der Waals surface area contributed by atoms with Crippen LogP contribution in [-0.4, -0.2) is 16.9 Å². The van der Waals surface area contributed by atoms with E-state index in [9.17, 15) is 9.59 Å². The summed E-state index contributed by atoms with van der Waals surface area (Å²) in [5.41, 5.74) is 0. The third-order valence-electron chi connectivity index (χ3n) is 2.59. The van der Waals surface area contributed by atoms with Crippen LogP contribution in [0.25, 0.3) is 0 Å². The van der Waals surface area contributed by atoms with Crippen LogP contribution in [0.1, 0.15) is 26.2 Å². The Morgan fingerprint density at radius 1 is 1.53 bits per heavy atom. The lowest BCUT2D eigenvalue weighted by Crippen LogP contribution is -2.18. The lowest BCUT2D eigenvalue weighted by atomic mass is 9.89. The second kappa shape index (κ2) is 5.49. The van der Waals surface area contributed by atoms with E-state index in [1.807, 2.05) is 19.1 Å². The van der Waals surface area contributed by atoms with E-state index in [2.05, 4.69) is 0 Å². The van der Waals surface area contributed by atoms with Gasteiger partial charge in [-0.05, 0) is 24.8 Å². The molecule has 2 atom stereocenters. The minimum Gasteiger partial charge on any atom is -0.481 e. The summed E-state index contributed by atoms with van der Waals surface area (Å²) in [7, 11) is 0. The van der Waals surface area contributed by atoms with Crippen molar-refractivity contribution in [1.82, 2.24) is 0 Å². The van der Waals surface area contributed by atoms with E-state index in [1.54, 1.807) is 6.08 Å². The first-order valence-corrected chi connectivity index (χ1v) is 5.24. The van der Waals surface area contributed by atoms with Crippen molar-refractivity contribution in [2.75, 3.05) is 0 Å². The highest BCUT2D eigenvalue weighted by atomic mass is 16.4. The van der Waals surface area contributed by atoms with E-state index in [1.165, 1.54) is 6.08 Å². The summed E-state index contributed by atoms with van der Waals surface area (Å²) in [4.78, 5) is 22.0.